The van der Waals surface area contributed by atoms with E-state index in [1.807, 2.05) is 0 Å². The Morgan fingerprint density at radius 1 is 1.15 bits per heavy atom. The molecule has 0 saturated heterocycles. The molecular formula is C12H18O. The minimum atomic E-state index is 0.564. The van der Waals surface area contributed by atoms with E-state index < -0.39 is 0 Å². The van der Waals surface area contributed by atoms with E-state index >= 15 is 0 Å². The van der Waals surface area contributed by atoms with Gasteiger partial charge < -0.3 is 4.74 Å². The smallest absolute Gasteiger partial charge is 0.124 e. The normalized spacial score (nSPS) is 10.6. The lowest BCUT2D eigenvalue weighted by atomic mass is 9.95. The van der Waals surface area contributed by atoms with Crippen molar-refractivity contribution < 1.29 is 4.74 Å². The van der Waals surface area contributed by atoms with E-state index in [0.717, 1.165) is 5.75 Å². The summed E-state index contributed by atoms with van der Waals surface area (Å²) in [5.41, 5.74) is 3.87. The van der Waals surface area contributed by atoms with Crippen molar-refractivity contribution in [1.82, 2.24) is 0 Å². The second kappa shape index (κ2) is 3.82. The van der Waals surface area contributed by atoms with Crippen molar-refractivity contribution >= 4 is 0 Å². The van der Waals surface area contributed by atoms with Gasteiger partial charge in [-0.25, -0.2) is 0 Å². The molecule has 1 aromatic carbocycles. The van der Waals surface area contributed by atoms with Crippen LogP contribution in [0.15, 0.2) is 12.1 Å². The van der Waals surface area contributed by atoms with Crippen molar-refractivity contribution in [2.75, 3.05) is 7.11 Å². The molecule has 1 aromatic rings. The third kappa shape index (κ3) is 1.85. The van der Waals surface area contributed by atoms with Crippen molar-refractivity contribution in [3.63, 3.8) is 0 Å². The highest BCUT2D eigenvalue weighted by molar-refractivity contribution is 5.46. The summed E-state index contributed by atoms with van der Waals surface area (Å²) in [7, 11) is 1.74. The van der Waals surface area contributed by atoms with Gasteiger partial charge in [-0.1, -0.05) is 26.0 Å². The van der Waals surface area contributed by atoms with Gasteiger partial charge >= 0.3 is 0 Å². The predicted molar refractivity (Wildman–Crippen MR) is 56.6 cm³/mol. The largest absolute Gasteiger partial charge is 0.496 e. The zero-order chi connectivity index (χ0) is 10.0. The van der Waals surface area contributed by atoms with Gasteiger partial charge in [-0.2, -0.15) is 0 Å². The minimum absolute atomic E-state index is 0.564. The minimum Gasteiger partial charge on any atom is -0.496 e. The molecule has 0 N–H and O–H groups in total. The van der Waals surface area contributed by atoms with Crippen LogP contribution in [0.1, 0.15) is 36.5 Å². The molecule has 0 amide bonds. The number of aryl methyl sites for hydroxylation is 1. The summed E-state index contributed by atoms with van der Waals surface area (Å²) in [5, 5.41) is 0. The SMILES string of the molecule is COc1c(C)ccc(C(C)C)c1C. The molecule has 0 aliphatic heterocycles. The van der Waals surface area contributed by atoms with Crippen LogP contribution >= 0.6 is 0 Å². The highest BCUT2D eigenvalue weighted by atomic mass is 16.5. The molecule has 0 heterocycles. The summed E-state index contributed by atoms with van der Waals surface area (Å²) >= 11 is 0. The molecule has 0 unspecified atom stereocenters. The van der Waals surface area contributed by atoms with Crippen LogP contribution in [-0.4, -0.2) is 7.11 Å². The molecule has 0 atom stereocenters. The van der Waals surface area contributed by atoms with Crippen molar-refractivity contribution in [2.45, 2.75) is 33.6 Å². The molecule has 1 heteroatoms. The molecular weight excluding hydrogens is 160 g/mol. The first-order valence-corrected chi connectivity index (χ1v) is 4.72. The molecule has 0 aliphatic carbocycles. The van der Waals surface area contributed by atoms with Gasteiger partial charge in [-0.15, -0.1) is 0 Å². The number of benzene rings is 1. The summed E-state index contributed by atoms with van der Waals surface area (Å²) in [6.45, 7) is 8.62. The van der Waals surface area contributed by atoms with Gasteiger partial charge in [0.05, 0.1) is 7.11 Å². The maximum Gasteiger partial charge on any atom is 0.124 e. The van der Waals surface area contributed by atoms with Crippen LogP contribution in [0.2, 0.25) is 0 Å². The Morgan fingerprint density at radius 3 is 2.23 bits per heavy atom. The first-order valence-electron chi connectivity index (χ1n) is 4.72. The van der Waals surface area contributed by atoms with Crippen LogP contribution in [0.4, 0.5) is 0 Å². The lowest BCUT2D eigenvalue weighted by molar-refractivity contribution is 0.407. The van der Waals surface area contributed by atoms with Gasteiger partial charge in [0.2, 0.25) is 0 Å². The zero-order valence-electron chi connectivity index (χ0n) is 9.14. The van der Waals surface area contributed by atoms with E-state index in [-0.39, 0.29) is 0 Å². The molecule has 0 fully saturated rings. The quantitative estimate of drug-likeness (QED) is 0.674. The monoisotopic (exact) mass is 178 g/mol. The molecule has 0 spiro atoms. The van der Waals surface area contributed by atoms with E-state index in [1.165, 1.54) is 16.7 Å². The third-order valence-electron chi connectivity index (χ3n) is 2.47. The highest BCUT2D eigenvalue weighted by Gasteiger charge is 2.09. The summed E-state index contributed by atoms with van der Waals surface area (Å²) in [6, 6.07) is 4.32. The molecule has 1 nitrogen and oxygen atoms in total. The molecule has 72 valence electrons. The Labute approximate surface area is 80.7 Å². The van der Waals surface area contributed by atoms with E-state index in [2.05, 4.69) is 39.8 Å². The van der Waals surface area contributed by atoms with Gasteiger partial charge in [-0.05, 0) is 36.5 Å². The Kier molecular flexibility index (Phi) is 2.97. The van der Waals surface area contributed by atoms with Crippen molar-refractivity contribution in [1.29, 1.82) is 0 Å². The summed E-state index contributed by atoms with van der Waals surface area (Å²) in [4.78, 5) is 0. The first-order chi connectivity index (χ1) is 6.07. The number of hydrogen-bond acceptors (Lipinski definition) is 1. The topological polar surface area (TPSA) is 9.23 Å². The van der Waals surface area contributed by atoms with E-state index in [9.17, 15) is 0 Å². The highest BCUT2D eigenvalue weighted by Crippen LogP contribution is 2.29. The maximum absolute atomic E-state index is 5.37. The molecule has 0 bridgehead atoms. The van der Waals surface area contributed by atoms with Crippen LogP contribution in [0, 0.1) is 13.8 Å². The number of ether oxygens (including phenoxy) is 1. The average molecular weight is 178 g/mol. The molecule has 1 rings (SSSR count). The standard InChI is InChI=1S/C12H18O/c1-8(2)11-7-6-9(3)12(13-5)10(11)4/h6-8H,1-5H3. The first kappa shape index (κ1) is 10.1. The third-order valence-corrected chi connectivity index (χ3v) is 2.47. The van der Waals surface area contributed by atoms with Crippen molar-refractivity contribution in [2.24, 2.45) is 0 Å². The molecule has 0 radical (unpaired) electrons. The van der Waals surface area contributed by atoms with Gasteiger partial charge in [-0.3, -0.25) is 0 Å². The fourth-order valence-electron chi connectivity index (χ4n) is 1.78. The summed E-state index contributed by atoms with van der Waals surface area (Å²) < 4.78 is 5.37. The van der Waals surface area contributed by atoms with Crippen LogP contribution in [0.5, 0.6) is 5.75 Å². The second-order valence-corrected chi connectivity index (χ2v) is 3.78. The molecule has 0 saturated carbocycles. The van der Waals surface area contributed by atoms with E-state index in [1.54, 1.807) is 7.11 Å². The molecule has 0 aromatic heterocycles. The Morgan fingerprint density at radius 2 is 1.77 bits per heavy atom. The second-order valence-electron chi connectivity index (χ2n) is 3.78. The van der Waals surface area contributed by atoms with E-state index in [4.69, 9.17) is 4.74 Å². The zero-order valence-corrected chi connectivity index (χ0v) is 9.14. The average Bonchev–Trinajstić information content (AvgIpc) is 2.04. The molecule has 0 aliphatic rings. The van der Waals surface area contributed by atoms with E-state index in [0.29, 0.717) is 5.92 Å². The Bertz CT molecular complexity index is 300. The predicted octanol–water partition coefficient (Wildman–Crippen LogP) is 3.44. The lowest BCUT2D eigenvalue weighted by Gasteiger charge is -2.15. The van der Waals surface area contributed by atoms with Crippen molar-refractivity contribution in [3.8, 4) is 5.75 Å². The van der Waals surface area contributed by atoms with Crippen LogP contribution in [-0.2, 0) is 0 Å². The van der Waals surface area contributed by atoms with Gasteiger partial charge in [0, 0.05) is 0 Å². The van der Waals surface area contributed by atoms with Crippen LogP contribution in [0.25, 0.3) is 0 Å². The Balaban J connectivity index is 3.27. The fraction of sp³-hybridized carbons (Fsp3) is 0.500. The number of hydrogen-bond donors (Lipinski definition) is 0. The Hall–Kier alpha value is -0.980. The lowest BCUT2D eigenvalue weighted by Crippen LogP contribution is -1.97. The van der Waals surface area contributed by atoms with Crippen LogP contribution in [0.3, 0.4) is 0 Å². The van der Waals surface area contributed by atoms with Crippen molar-refractivity contribution in [3.05, 3.63) is 28.8 Å². The van der Waals surface area contributed by atoms with Gasteiger partial charge in [0.1, 0.15) is 5.75 Å². The molecule has 13 heavy (non-hydrogen) atoms. The van der Waals surface area contributed by atoms with Gasteiger partial charge in [0.15, 0.2) is 0 Å². The van der Waals surface area contributed by atoms with Crippen LogP contribution < -0.4 is 4.74 Å². The summed E-state index contributed by atoms with van der Waals surface area (Å²) in [6.07, 6.45) is 0. The number of methoxy groups -OCH3 is 1. The van der Waals surface area contributed by atoms with Gasteiger partial charge in [0.25, 0.3) is 0 Å². The number of rotatable bonds is 2. The fourth-order valence-corrected chi connectivity index (χ4v) is 1.78. The summed E-state index contributed by atoms with van der Waals surface area (Å²) in [5.74, 6) is 1.60. The maximum atomic E-state index is 5.37.